The van der Waals surface area contributed by atoms with E-state index in [9.17, 15) is 14.4 Å². The zero-order valence-corrected chi connectivity index (χ0v) is 16.9. The van der Waals surface area contributed by atoms with Gasteiger partial charge in [-0.05, 0) is 44.7 Å². The minimum absolute atomic E-state index is 0.0487. The van der Waals surface area contributed by atoms with Crippen molar-refractivity contribution in [2.75, 3.05) is 19.7 Å². The fraction of sp³-hybridized carbons (Fsp3) is 0.421. The van der Waals surface area contributed by atoms with Crippen molar-refractivity contribution in [1.29, 1.82) is 0 Å². The molecule has 0 radical (unpaired) electrons. The predicted octanol–water partition coefficient (Wildman–Crippen LogP) is 2.65. The number of hydrogen-bond acceptors (Lipinski definition) is 5. The van der Waals surface area contributed by atoms with Crippen LogP contribution in [-0.4, -0.2) is 47.4 Å². The summed E-state index contributed by atoms with van der Waals surface area (Å²) in [7, 11) is 0. The molecule has 0 aromatic carbocycles. The van der Waals surface area contributed by atoms with E-state index in [1.54, 1.807) is 32.1 Å². The van der Waals surface area contributed by atoms with Crippen molar-refractivity contribution in [2.24, 2.45) is 0 Å². The van der Waals surface area contributed by atoms with Gasteiger partial charge in [0.15, 0.2) is 0 Å². The number of aromatic nitrogens is 1. The molecule has 0 saturated heterocycles. The molecule has 2 rings (SSSR count). The van der Waals surface area contributed by atoms with Crippen LogP contribution in [0.4, 0.5) is 0 Å². The summed E-state index contributed by atoms with van der Waals surface area (Å²) < 4.78 is 5.05. The Morgan fingerprint density at radius 2 is 2.00 bits per heavy atom. The second-order valence-electron chi connectivity index (χ2n) is 6.02. The third-order valence-electron chi connectivity index (χ3n) is 4.17. The van der Waals surface area contributed by atoms with Crippen molar-refractivity contribution >= 4 is 29.1 Å². The Morgan fingerprint density at radius 3 is 2.59 bits per heavy atom. The number of likely N-dealkylation sites (N-methyl/N-ethyl adjacent to an activating group) is 1. The van der Waals surface area contributed by atoms with E-state index in [4.69, 9.17) is 4.74 Å². The first-order valence-corrected chi connectivity index (χ1v) is 9.71. The summed E-state index contributed by atoms with van der Waals surface area (Å²) in [6.07, 6.45) is 0. The molecule has 0 unspecified atom stereocenters. The van der Waals surface area contributed by atoms with Crippen LogP contribution in [0.1, 0.15) is 50.8 Å². The number of thiophene rings is 1. The van der Waals surface area contributed by atoms with Crippen LogP contribution in [0, 0.1) is 13.8 Å². The van der Waals surface area contributed by atoms with Gasteiger partial charge in [-0.15, -0.1) is 11.3 Å². The van der Waals surface area contributed by atoms with Crippen LogP contribution in [0.2, 0.25) is 0 Å². The molecule has 146 valence electrons. The first kappa shape index (κ1) is 20.7. The number of aryl methyl sites for hydroxylation is 1. The van der Waals surface area contributed by atoms with Crippen LogP contribution in [0.25, 0.3) is 0 Å². The fourth-order valence-electron chi connectivity index (χ4n) is 2.79. The monoisotopic (exact) mass is 391 g/mol. The number of nitrogens with one attached hydrogen (secondary N) is 2. The van der Waals surface area contributed by atoms with Crippen molar-refractivity contribution in [3.63, 3.8) is 0 Å². The number of carbonyl (C=O) groups excluding carboxylic acids is 3. The first-order valence-electron chi connectivity index (χ1n) is 8.83. The molecule has 2 aromatic rings. The van der Waals surface area contributed by atoms with Gasteiger partial charge in [0.25, 0.3) is 5.91 Å². The first-order chi connectivity index (χ1) is 12.9. The summed E-state index contributed by atoms with van der Waals surface area (Å²) in [5.74, 6) is -1.01. The Hall–Kier alpha value is -2.61. The number of esters is 1. The molecule has 2 amide bonds. The number of hydrogen-bond donors (Lipinski definition) is 2. The van der Waals surface area contributed by atoms with Gasteiger partial charge >= 0.3 is 5.97 Å². The standard InChI is InChI=1S/C19H25N3O4S/c1-5-22(11-15(23)20-10-14-8-7-9-27-14)18(24)17-12(3)16(13(4)21-17)19(25)26-6-2/h7-9,21H,5-6,10-11H2,1-4H3,(H,20,23). The molecule has 2 heterocycles. The average molecular weight is 391 g/mol. The molecule has 0 aliphatic rings. The SMILES string of the molecule is CCOC(=O)c1c(C)[nH]c(C(=O)N(CC)CC(=O)NCc2cccs2)c1C. The van der Waals surface area contributed by atoms with Gasteiger partial charge in [0.1, 0.15) is 5.69 Å². The number of amides is 2. The van der Waals surface area contributed by atoms with Crippen LogP contribution in [-0.2, 0) is 16.1 Å². The van der Waals surface area contributed by atoms with Crippen LogP contribution >= 0.6 is 11.3 Å². The van der Waals surface area contributed by atoms with Crippen molar-refractivity contribution in [2.45, 2.75) is 34.2 Å². The zero-order valence-electron chi connectivity index (χ0n) is 16.0. The van der Waals surface area contributed by atoms with Crippen molar-refractivity contribution in [3.8, 4) is 0 Å². The molecular formula is C19H25N3O4S. The van der Waals surface area contributed by atoms with Gasteiger partial charge in [0.2, 0.25) is 5.91 Å². The molecule has 0 aliphatic heterocycles. The highest BCUT2D eigenvalue weighted by Gasteiger charge is 2.26. The zero-order chi connectivity index (χ0) is 20.0. The van der Waals surface area contributed by atoms with E-state index in [-0.39, 0.29) is 25.0 Å². The number of H-pyrrole nitrogens is 1. The molecule has 0 saturated carbocycles. The van der Waals surface area contributed by atoms with Crippen molar-refractivity contribution < 1.29 is 19.1 Å². The van der Waals surface area contributed by atoms with E-state index in [1.807, 2.05) is 24.4 Å². The molecule has 8 heteroatoms. The van der Waals surface area contributed by atoms with Crippen molar-refractivity contribution in [1.82, 2.24) is 15.2 Å². The minimum Gasteiger partial charge on any atom is -0.462 e. The topological polar surface area (TPSA) is 91.5 Å². The third-order valence-corrected chi connectivity index (χ3v) is 5.05. The Kier molecular flexibility index (Phi) is 7.18. The Bertz CT molecular complexity index is 811. The molecule has 7 nitrogen and oxygen atoms in total. The Balaban J connectivity index is 2.08. The van der Waals surface area contributed by atoms with E-state index < -0.39 is 5.97 Å². The lowest BCUT2D eigenvalue weighted by Crippen LogP contribution is -2.40. The maximum Gasteiger partial charge on any atom is 0.340 e. The molecule has 0 atom stereocenters. The lowest BCUT2D eigenvalue weighted by atomic mass is 10.1. The molecule has 0 fully saturated rings. The maximum atomic E-state index is 12.9. The highest BCUT2D eigenvalue weighted by Crippen LogP contribution is 2.20. The normalized spacial score (nSPS) is 10.5. The van der Waals surface area contributed by atoms with Gasteiger partial charge in [0.05, 0.1) is 25.3 Å². The second kappa shape index (κ2) is 9.36. The third kappa shape index (κ3) is 4.97. The highest BCUT2D eigenvalue weighted by molar-refractivity contribution is 7.09. The van der Waals surface area contributed by atoms with E-state index in [1.165, 1.54) is 4.90 Å². The Morgan fingerprint density at radius 1 is 1.26 bits per heavy atom. The average Bonchev–Trinajstić information content (AvgIpc) is 3.25. The van der Waals surface area contributed by atoms with Crippen LogP contribution < -0.4 is 5.32 Å². The van der Waals surface area contributed by atoms with Crippen LogP contribution in [0.3, 0.4) is 0 Å². The van der Waals surface area contributed by atoms with E-state index in [2.05, 4.69) is 10.3 Å². The smallest absolute Gasteiger partial charge is 0.340 e. The molecular weight excluding hydrogens is 366 g/mol. The Labute approximate surface area is 162 Å². The van der Waals surface area contributed by atoms with Gasteiger partial charge in [-0.1, -0.05) is 6.07 Å². The molecule has 2 N–H and O–H groups in total. The minimum atomic E-state index is -0.459. The summed E-state index contributed by atoms with van der Waals surface area (Å²) in [5.41, 5.74) is 1.79. The summed E-state index contributed by atoms with van der Waals surface area (Å²) >= 11 is 1.56. The van der Waals surface area contributed by atoms with E-state index in [0.29, 0.717) is 35.6 Å². The molecule has 0 bridgehead atoms. The van der Waals surface area contributed by atoms with Gasteiger partial charge in [-0.25, -0.2) is 4.79 Å². The van der Waals surface area contributed by atoms with Gasteiger partial charge < -0.3 is 19.9 Å². The largest absolute Gasteiger partial charge is 0.462 e. The van der Waals surface area contributed by atoms with Crippen molar-refractivity contribution in [3.05, 3.63) is 44.9 Å². The summed E-state index contributed by atoms with van der Waals surface area (Å²) in [4.78, 5) is 42.7. The molecule has 0 aliphatic carbocycles. The number of ether oxygens (including phenoxy) is 1. The molecule has 0 spiro atoms. The summed E-state index contributed by atoms with van der Waals surface area (Å²) in [5, 5.41) is 4.76. The number of carbonyl (C=O) groups is 3. The molecule has 27 heavy (non-hydrogen) atoms. The van der Waals surface area contributed by atoms with Crippen LogP contribution in [0.5, 0.6) is 0 Å². The van der Waals surface area contributed by atoms with E-state index >= 15 is 0 Å². The number of nitrogens with zero attached hydrogens (tertiary/aromatic N) is 1. The summed E-state index contributed by atoms with van der Waals surface area (Å²) in [6, 6.07) is 3.86. The molecule has 2 aromatic heterocycles. The van der Waals surface area contributed by atoms with Gasteiger partial charge in [-0.2, -0.15) is 0 Å². The maximum absolute atomic E-state index is 12.9. The number of aromatic amines is 1. The lowest BCUT2D eigenvalue weighted by molar-refractivity contribution is -0.121. The van der Waals surface area contributed by atoms with E-state index in [0.717, 1.165) is 4.88 Å². The highest BCUT2D eigenvalue weighted by atomic mass is 32.1. The predicted molar refractivity (Wildman–Crippen MR) is 104 cm³/mol. The summed E-state index contributed by atoms with van der Waals surface area (Å²) in [6.45, 7) is 7.99. The number of rotatable bonds is 8. The lowest BCUT2D eigenvalue weighted by Gasteiger charge is -2.20. The van der Waals surface area contributed by atoms with Gasteiger partial charge in [-0.3, -0.25) is 9.59 Å². The van der Waals surface area contributed by atoms with Gasteiger partial charge in [0, 0.05) is 17.1 Å². The second-order valence-corrected chi connectivity index (χ2v) is 7.05. The quantitative estimate of drug-likeness (QED) is 0.677. The van der Waals surface area contributed by atoms with Crippen LogP contribution in [0.15, 0.2) is 17.5 Å². The fourth-order valence-corrected chi connectivity index (χ4v) is 3.43.